The van der Waals surface area contributed by atoms with Crippen molar-refractivity contribution >= 4 is 40.0 Å². The number of aromatic carboxylic acids is 1. The summed E-state index contributed by atoms with van der Waals surface area (Å²) < 4.78 is 0. The van der Waals surface area contributed by atoms with Crippen molar-refractivity contribution in [3.05, 3.63) is 24.0 Å². The highest BCUT2D eigenvalue weighted by Gasteiger charge is 2.13. The smallest absolute Gasteiger partial charge is 0.337 e. The summed E-state index contributed by atoms with van der Waals surface area (Å²) >= 11 is 4.67. The van der Waals surface area contributed by atoms with Crippen LogP contribution in [0, 0.1) is 0 Å². The zero-order valence-electron chi connectivity index (χ0n) is 8.02. The number of aromatic nitrogens is 2. The van der Waals surface area contributed by atoms with E-state index in [9.17, 15) is 4.79 Å². The van der Waals surface area contributed by atoms with Gasteiger partial charge in [-0.3, -0.25) is 0 Å². The summed E-state index contributed by atoms with van der Waals surface area (Å²) in [6.45, 7) is 0. The molecule has 0 radical (unpaired) electrons. The van der Waals surface area contributed by atoms with Gasteiger partial charge in [0.1, 0.15) is 0 Å². The molecule has 5 N–H and O–H groups in total. The normalized spacial score (nSPS) is 10.2. The fourth-order valence-corrected chi connectivity index (χ4v) is 1.51. The third kappa shape index (κ3) is 1.80. The lowest BCUT2D eigenvalue weighted by molar-refractivity contribution is 0.0698. The Morgan fingerprint density at radius 1 is 1.56 bits per heavy atom. The molecule has 0 saturated carbocycles. The number of fused-ring (bicyclic) bond motifs is 1. The van der Waals surface area contributed by atoms with E-state index < -0.39 is 5.97 Å². The number of nitrogens with one attached hydrogen (secondary N) is 2. The average Bonchev–Trinajstić information content (AvgIpc) is 2.62. The Bertz CT molecular complexity index is 578. The first-order valence-corrected chi connectivity index (χ1v) is 4.75. The Kier molecular flexibility index (Phi) is 2.45. The van der Waals surface area contributed by atoms with Crippen molar-refractivity contribution < 1.29 is 9.90 Å². The molecule has 16 heavy (non-hydrogen) atoms. The van der Waals surface area contributed by atoms with Gasteiger partial charge in [0.05, 0.1) is 28.6 Å². The number of carbonyl (C=O) groups is 1. The summed E-state index contributed by atoms with van der Waals surface area (Å²) in [6.07, 6.45) is 1.49. The summed E-state index contributed by atoms with van der Waals surface area (Å²) in [5.41, 5.74) is 7.02. The number of hydrogen-bond acceptors (Lipinski definition) is 3. The maximum Gasteiger partial charge on any atom is 0.337 e. The number of imidazole rings is 1. The van der Waals surface area contributed by atoms with Crippen LogP contribution >= 0.6 is 12.2 Å². The summed E-state index contributed by atoms with van der Waals surface area (Å²) in [5, 5.41) is 11.6. The SMILES string of the molecule is NC(=S)Nc1cc2nc[nH]c2cc1C(=O)O. The van der Waals surface area contributed by atoms with Crippen molar-refractivity contribution in [2.75, 3.05) is 5.32 Å². The molecule has 1 aromatic carbocycles. The van der Waals surface area contributed by atoms with Gasteiger partial charge < -0.3 is 21.1 Å². The number of benzene rings is 1. The highest BCUT2D eigenvalue weighted by atomic mass is 32.1. The van der Waals surface area contributed by atoms with Gasteiger partial charge in [-0.05, 0) is 24.4 Å². The highest BCUT2D eigenvalue weighted by molar-refractivity contribution is 7.80. The van der Waals surface area contributed by atoms with Gasteiger partial charge >= 0.3 is 5.97 Å². The monoisotopic (exact) mass is 236 g/mol. The fourth-order valence-electron chi connectivity index (χ4n) is 1.40. The Hall–Kier alpha value is -2.15. The van der Waals surface area contributed by atoms with E-state index in [0.29, 0.717) is 16.7 Å². The highest BCUT2D eigenvalue weighted by Crippen LogP contribution is 2.21. The van der Waals surface area contributed by atoms with Crippen molar-refractivity contribution in [1.82, 2.24) is 9.97 Å². The first kappa shape index (κ1) is 10.4. The van der Waals surface area contributed by atoms with Gasteiger partial charge in [0.25, 0.3) is 0 Å². The molecule has 1 heterocycles. The number of hydrogen-bond donors (Lipinski definition) is 4. The number of carboxylic acid groups (broad SMARTS) is 1. The standard InChI is InChI=1S/C9H8N4O2S/c10-9(16)13-5-2-7-6(11-3-12-7)1-4(5)8(14)15/h1-3H,(H,11,12)(H,14,15)(H3,10,13,16). The van der Waals surface area contributed by atoms with Crippen LogP contribution in [0.5, 0.6) is 0 Å². The Morgan fingerprint density at radius 2 is 2.31 bits per heavy atom. The van der Waals surface area contributed by atoms with Gasteiger partial charge in [-0.15, -0.1) is 0 Å². The molecule has 0 aliphatic carbocycles. The van der Waals surface area contributed by atoms with E-state index in [2.05, 4.69) is 27.5 Å². The molecule has 0 saturated heterocycles. The van der Waals surface area contributed by atoms with E-state index in [-0.39, 0.29) is 10.7 Å². The molecule has 7 heteroatoms. The van der Waals surface area contributed by atoms with Gasteiger partial charge in [-0.2, -0.15) is 0 Å². The molecule has 0 aliphatic rings. The third-order valence-corrected chi connectivity index (χ3v) is 2.15. The van der Waals surface area contributed by atoms with Crippen LogP contribution in [0.2, 0.25) is 0 Å². The molecule has 6 nitrogen and oxygen atoms in total. The number of nitrogens with two attached hydrogens (primary N) is 1. The molecule has 2 rings (SSSR count). The van der Waals surface area contributed by atoms with Crippen molar-refractivity contribution in [2.45, 2.75) is 0 Å². The maximum absolute atomic E-state index is 11.0. The Labute approximate surface area is 95.5 Å². The first-order valence-electron chi connectivity index (χ1n) is 4.35. The van der Waals surface area contributed by atoms with E-state index in [0.717, 1.165) is 0 Å². The topological polar surface area (TPSA) is 104 Å². The fraction of sp³-hybridized carbons (Fsp3) is 0. The molecule has 82 valence electrons. The van der Waals surface area contributed by atoms with E-state index >= 15 is 0 Å². The second kappa shape index (κ2) is 3.78. The van der Waals surface area contributed by atoms with Gasteiger partial charge in [-0.1, -0.05) is 0 Å². The van der Waals surface area contributed by atoms with Crippen LogP contribution in [0.3, 0.4) is 0 Å². The predicted molar refractivity (Wildman–Crippen MR) is 63.5 cm³/mol. The van der Waals surface area contributed by atoms with Crippen molar-refractivity contribution in [1.29, 1.82) is 0 Å². The molecule has 0 unspecified atom stereocenters. The van der Waals surface area contributed by atoms with Crippen LogP contribution in [-0.2, 0) is 0 Å². The van der Waals surface area contributed by atoms with Crippen molar-refractivity contribution in [3.8, 4) is 0 Å². The number of rotatable bonds is 2. The van der Waals surface area contributed by atoms with Gasteiger partial charge in [0.15, 0.2) is 5.11 Å². The Morgan fingerprint density at radius 3 is 2.94 bits per heavy atom. The van der Waals surface area contributed by atoms with Crippen LogP contribution < -0.4 is 11.1 Å². The number of anilines is 1. The summed E-state index contributed by atoms with van der Waals surface area (Å²) in [4.78, 5) is 17.9. The number of nitrogens with zero attached hydrogens (tertiary/aromatic N) is 1. The molecule has 0 bridgehead atoms. The minimum Gasteiger partial charge on any atom is -0.478 e. The number of H-pyrrole nitrogens is 1. The minimum absolute atomic E-state index is 0.0115. The minimum atomic E-state index is -1.06. The number of carboxylic acids is 1. The predicted octanol–water partition coefficient (Wildman–Crippen LogP) is 0.917. The zero-order chi connectivity index (χ0) is 11.7. The van der Waals surface area contributed by atoms with Crippen molar-refractivity contribution in [3.63, 3.8) is 0 Å². The quantitative estimate of drug-likeness (QED) is 0.578. The third-order valence-electron chi connectivity index (χ3n) is 2.05. The lowest BCUT2D eigenvalue weighted by Crippen LogP contribution is -2.20. The summed E-state index contributed by atoms with van der Waals surface area (Å²) in [7, 11) is 0. The molecule has 0 amide bonds. The number of aromatic amines is 1. The molecular formula is C9H8N4O2S. The molecule has 2 aromatic rings. The average molecular weight is 236 g/mol. The van der Waals surface area contributed by atoms with Crippen LogP contribution in [0.1, 0.15) is 10.4 Å². The Balaban J connectivity index is 2.62. The second-order valence-electron chi connectivity index (χ2n) is 3.11. The molecule has 0 aliphatic heterocycles. The molecular weight excluding hydrogens is 228 g/mol. The van der Waals surface area contributed by atoms with E-state index in [1.165, 1.54) is 12.4 Å². The second-order valence-corrected chi connectivity index (χ2v) is 3.55. The number of thiocarbonyl (C=S) groups is 1. The molecule has 0 fully saturated rings. The van der Waals surface area contributed by atoms with E-state index in [1.807, 2.05) is 0 Å². The molecule has 1 aromatic heterocycles. The summed E-state index contributed by atoms with van der Waals surface area (Å²) in [5.74, 6) is -1.06. The van der Waals surface area contributed by atoms with Gasteiger partial charge in [0.2, 0.25) is 0 Å². The zero-order valence-corrected chi connectivity index (χ0v) is 8.84. The van der Waals surface area contributed by atoms with Gasteiger partial charge in [-0.25, -0.2) is 9.78 Å². The van der Waals surface area contributed by atoms with E-state index in [1.54, 1.807) is 6.07 Å². The van der Waals surface area contributed by atoms with Crippen LogP contribution in [0.4, 0.5) is 5.69 Å². The van der Waals surface area contributed by atoms with Crippen LogP contribution in [0.15, 0.2) is 18.5 Å². The maximum atomic E-state index is 11.0. The summed E-state index contributed by atoms with van der Waals surface area (Å²) in [6, 6.07) is 3.06. The largest absolute Gasteiger partial charge is 0.478 e. The van der Waals surface area contributed by atoms with Crippen molar-refractivity contribution in [2.24, 2.45) is 5.73 Å². The lowest BCUT2D eigenvalue weighted by atomic mass is 10.1. The molecule has 0 atom stereocenters. The van der Waals surface area contributed by atoms with Crippen LogP contribution in [0.25, 0.3) is 11.0 Å². The molecule has 0 spiro atoms. The van der Waals surface area contributed by atoms with E-state index in [4.69, 9.17) is 10.8 Å². The first-order chi connectivity index (χ1) is 7.58. The lowest BCUT2D eigenvalue weighted by Gasteiger charge is -2.07. The van der Waals surface area contributed by atoms with Gasteiger partial charge in [0, 0.05) is 0 Å². The van der Waals surface area contributed by atoms with Crippen LogP contribution in [-0.4, -0.2) is 26.2 Å².